The summed E-state index contributed by atoms with van der Waals surface area (Å²) in [4.78, 5) is 15.5. The monoisotopic (exact) mass is 361 g/mol. The average Bonchev–Trinajstić information content (AvgIpc) is 2.70. The van der Waals surface area contributed by atoms with E-state index in [0.717, 1.165) is 11.3 Å². The summed E-state index contributed by atoms with van der Waals surface area (Å²) in [7, 11) is 1.54. The molecule has 7 heteroatoms. The van der Waals surface area contributed by atoms with E-state index in [1.807, 2.05) is 0 Å². The quantitative estimate of drug-likeness (QED) is 0.887. The smallest absolute Gasteiger partial charge is 0.347 e. The highest BCUT2D eigenvalue weighted by molar-refractivity contribution is 9.10. The number of nitrogens with zero attached hydrogens (tertiary/aromatic N) is 1. The molecule has 0 radical (unpaired) electrons. The molecule has 0 atom stereocenters. The summed E-state index contributed by atoms with van der Waals surface area (Å²) in [5.74, 6) is -0.406. The molecule has 100 valence electrons. The number of aryl methyl sites for hydroxylation is 1. The molecule has 2 aromatic rings. The molecular weight excluding hydrogens is 354 g/mol. The van der Waals surface area contributed by atoms with Crippen LogP contribution in [0.25, 0.3) is 10.6 Å². The topological polar surface area (TPSA) is 59.4 Å². The molecular formula is C12H9BrClNO3S. The maximum absolute atomic E-state index is 11.1. The van der Waals surface area contributed by atoms with Gasteiger partial charge in [0.25, 0.3) is 0 Å². The summed E-state index contributed by atoms with van der Waals surface area (Å²) >= 11 is 10.5. The van der Waals surface area contributed by atoms with Crippen LogP contribution in [0.5, 0.6) is 5.75 Å². The van der Waals surface area contributed by atoms with Gasteiger partial charge in [-0.2, -0.15) is 0 Å². The van der Waals surface area contributed by atoms with E-state index in [-0.39, 0.29) is 4.88 Å². The number of hydrogen-bond acceptors (Lipinski definition) is 4. The van der Waals surface area contributed by atoms with Crippen LogP contribution in [-0.2, 0) is 0 Å². The van der Waals surface area contributed by atoms with Gasteiger partial charge >= 0.3 is 5.97 Å². The zero-order valence-corrected chi connectivity index (χ0v) is 13.2. The fraction of sp³-hybridized carbons (Fsp3) is 0.167. The summed E-state index contributed by atoms with van der Waals surface area (Å²) in [5, 5.41) is 10.2. The minimum absolute atomic E-state index is 0.216. The van der Waals surface area contributed by atoms with Crippen LogP contribution in [-0.4, -0.2) is 23.2 Å². The Morgan fingerprint density at radius 3 is 2.74 bits per heavy atom. The third-order valence-electron chi connectivity index (χ3n) is 2.43. The van der Waals surface area contributed by atoms with Crippen molar-refractivity contribution in [2.24, 2.45) is 0 Å². The van der Waals surface area contributed by atoms with E-state index < -0.39 is 5.97 Å². The highest BCUT2D eigenvalue weighted by atomic mass is 79.9. The number of rotatable bonds is 3. The standard InChI is InChI=1S/C12H9BrClNO3S/c1-5-10(12(16)17)19-11(15-5)7-3-6(14)4-8(13)9(7)18-2/h3-4H,1-2H3,(H,16,17). The molecule has 0 aliphatic heterocycles. The molecule has 1 aromatic carbocycles. The van der Waals surface area contributed by atoms with Crippen LogP contribution in [0.4, 0.5) is 0 Å². The summed E-state index contributed by atoms with van der Waals surface area (Å²) in [6, 6.07) is 3.41. The van der Waals surface area contributed by atoms with Gasteiger partial charge in [0, 0.05) is 5.02 Å². The van der Waals surface area contributed by atoms with Crippen molar-refractivity contribution in [3.8, 4) is 16.3 Å². The van der Waals surface area contributed by atoms with E-state index in [4.69, 9.17) is 21.4 Å². The first kappa shape index (κ1) is 14.3. The molecule has 0 unspecified atom stereocenters. The second-order valence-electron chi connectivity index (χ2n) is 3.71. The van der Waals surface area contributed by atoms with E-state index >= 15 is 0 Å². The first-order valence-corrected chi connectivity index (χ1v) is 7.17. The first-order valence-electron chi connectivity index (χ1n) is 5.18. The van der Waals surface area contributed by atoms with Crippen molar-refractivity contribution in [1.29, 1.82) is 0 Å². The lowest BCUT2D eigenvalue weighted by Crippen LogP contribution is -1.94. The molecule has 19 heavy (non-hydrogen) atoms. The highest BCUT2D eigenvalue weighted by Crippen LogP contribution is 2.41. The molecule has 0 saturated carbocycles. The third-order valence-corrected chi connectivity index (χ3v) is 4.42. The van der Waals surface area contributed by atoms with Crippen LogP contribution < -0.4 is 4.74 Å². The maximum atomic E-state index is 11.1. The van der Waals surface area contributed by atoms with Gasteiger partial charge in [-0.05, 0) is 35.0 Å². The number of aromatic nitrogens is 1. The van der Waals surface area contributed by atoms with Crippen LogP contribution in [0.2, 0.25) is 5.02 Å². The van der Waals surface area contributed by atoms with Gasteiger partial charge in [-0.15, -0.1) is 11.3 Å². The summed E-state index contributed by atoms with van der Waals surface area (Å²) in [6.45, 7) is 1.66. The Kier molecular flexibility index (Phi) is 4.13. The lowest BCUT2D eigenvalue weighted by atomic mass is 10.2. The second-order valence-corrected chi connectivity index (χ2v) is 6.00. The van der Waals surface area contributed by atoms with Gasteiger partial charge in [0.2, 0.25) is 0 Å². The molecule has 2 rings (SSSR count). The van der Waals surface area contributed by atoms with Gasteiger partial charge in [-0.1, -0.05) is 11.6 Å². The summed E-state index contributed by atoms with van der Waals surface area (Å²) in [6.07, 6.45) is 0. The Bertz CT molecular complexity index is 657. The Balaban J connectivity index is 2.64. The van der Waals surface area contributed by atoms with Crippen molar-refractivity contribution in [2.75, 3.05) is 7.11 Å². The number of benzene rings is 1. The van der Waals surface area contributed by atoms with Gasteiger partial charge in [-0.3, -0.25) is 0 Å². The molecule has 0 amide bonds. The van der Waals surface area contributed by atoms with Gasteiger partial charge < -0.3 is 9.84 Å². The largest absolute Gasteiger partial charge is 0.495 e. The summed E-state index contributed by atoms with van der Waals surface area (Å²) in [5.41, 5.74) is 1.15. The zero-order valence-electron chi connectivity index (χ0n) is 10.0. The Labute approximate surface area is 127 Å². The minimum atomic E-state index is -0.985. The van der Waals surface area contributed by atoms with Gasteiger partial charge in [0.15, 0.2) is 0 Å². The number of carboxylic acids is 1. The van der Waals surface area contributed by atoms with E-state index in [9.17, 15) is 4.79 Å². The van der Waals surface area contributed by atoms with Gasteiger partial charge in [0.1, 0.15) is 15.6 Å². The van der Waals surface area contributed by atoms with Crippen LogP contribution in [0.15, 0.2) is 16.6 Å². The van der Waals surface area contributed by atoms with E-state index in [1.165, 1.54) is 7.11 Å². The highest BCUT2D eigenvalue weighted by Gasteiger charge is 2.19. The number of thiazole rings is 1. The fourth-order valence-corrected chi connectivity index (χ4v) is 3.53. The number of halogens is 2. The van der Waals surface area contributed by atoms with Gasteiger partial charge in [-0.25, -0.2) is 9.78 Å². The van der Waals surface area contributed by atoms with Crippen molar-refractivity contribution in [1.82, 2.24) is 4.98 Å². The molecule has 0 aliphatic carbocycles. The molecule has 1 heterocycles. The van der Waals surface area contributed by atoms with Crippen LogP contribution in [0, 0.1) is 6.92 Å². The second kappa shape index (κ2) is 5.48. The van der Waals surface area contributed by atoms with E-state index in [2.05, 4.69) is 20.9 Å². The average molecular weight is 363 g/mol. The lowest BCUT2D eigenvalue weighted by molar-refractivity contribution is 0.0701. The number of carboxylic acid groups (broad SMARTS) is 1. The van der Waals surface area contributed by atoms with Crippen molar-refractivity contribution in [3.05, 3.63) is 32.2 Å². The molecule has 1 aromatic heterocycles. The molecule has 0 saturated heterocycles. The van der Waals surface area contributed by atoms with Crippen molar-refractivity contribution in [3.63, 3.8) is 0 Å². The van der Waals surface area contributed by atoms with Gasteiger partial charge in [0.05, 0.1) is 22.8 Å². The number of hydrogen-bond donors (Lipinski definition) is 1. The molecule has 0 fully saturated rings. The van der Waals surface area contributed by atoms with Crippen LogP contribution in [0.3, 0.4) is 0 Å². The predicted octanol–water partition coefficient (Wildman–Crippen LogP) is 4.24. The maximum Gasteiger partial charge on any atom is 0.347 e. The molecule has 0 aliphatic rings. The third kappa shape index (κ3) is 2.75. The lowest BCUT2D eigenvalue weighted by Gasteiger charge is -2.08. The normalized spacial score (nSPS) is 10.5. The fourth-order valence-electron chi connectivity index (χ4n) is 1.64. The molecule has 0 bridgehead atoms. The Hall–Kier alpha value is -1.11. The van der Waals surface area contributed by atoms with Crippen molar-refractivity contribution >= 4 is 44.8 Å². The zero-order chi connectivity index (χ0) is 14.2. The predicted molar refractivity (Wildman–Crippen MR) is 78.5 cm³/mol. The molecule has 0 spiro atoms. The minimum Gasteiger partial charge on any atom is -0.495 e. The Morgan fingerprint density at radius 2 is 2.21 bits per heavy atom. The number of aromatic carboxylic acids is 1. The molecule has 1 N–H and O–H groups in total. The molecule has 4 nitrogen and oxygen atoms in total. The van der Waals surface area contributed by atoms with E-state index in [1.54, 1.807) is 19.1 Å². The number of carbonyl (C=O) groups is 1. The summed E-state index contributed by atoms with van der Waals surface area (Å²) < 4.78 is 6.01. The van der Waals surface area contributed by atoms with Crippen LogP contribution >= 0.6 is 38.9 Å². The number of methoxy groups -OCH3 is 1. The SMILES string of the molecule is COc1c(Br)cc(Cl)cc1-c1nc(C)c(C(=O)O)s1. The van der Waals surface area contributed by atoms with Crippen molar-refractivity contribution < 1.29 is 14.6 Å². The van der Waals surface area contributed by atoms with E-state index in [0.29, 0.717) is 31.5 Å². The first-order chi connectivity index (χ1) is 8.93. The van der Waals surface area contributed by atoms with Crippen molar-refractivity contribution in [2.45, 2.75) is 6.92 Å². The van der Waals surface area contributed by atoms with Crippen LogP contribution in [0.1, 0.15) is 15.4 Å². The Morgan fingerprint density at radius 1 is 1.53 bits per heavy atom. The number of ether oxygens (including phenoxy) is 1.